The summed E-state index contributed by atoms with van der Waals surface area (Å²) in [7, 11) is -1.44. The van der Waals surface area contributed by atoms with Gasteiger partial charge in [0.05, 0.1) is 19.1 Å². The van der Waals surface area contributed by atoms with Crippen molar-refractivity contribution in [2.45, 2.75) is 30.2 Å². The highest BCUT2D eigenvalue weighted by Gasteiger charge is 2.37. The highest BCUT2D eigenvalue weighted by atomic mass is 32.2. The molecule has 1 aromatic carbocycles. The van der Waals surface area contributed by atoms with Crippen LogP contribution in [0.4, 0.5) is 8.78 Å². The summed E-state index contributed by atoms with van der Waals surface area (Å²) in [6, 6.07) is 3.04. The van der Waals surface area contributed by atoms with Crippen molar-refractivity contribution in [1.82, 2.24) is 15.0 Å². The van der Waals surface area contributed by atoms with Crippen molar-refractivity contribution in [2.24, 2.45) is 0 Å². The Balaban J connectivity index is 2.55. The van der Waals surface area contributed by atoms with E-state index in [1.807, 2.05) is 0 Å². The van der Waals surface area contributed by atoms with Gasteiger partial charge in [-0.25, -0.2) is 31.5 Å². The summed E-state index contributed by atoms with van der Waals surface area (Å²) in [6.07, 6.45) is -2.94. The van der Waals surface area contributed by atoms with Crippen molar-refractivity contribution in [1.29, 1.82) is 0 Å². The molecule has 2 rings (SSSR count). The molecule has 0 unspecified atom stereocenters. The van der Waals surface area contributed by atoms with E-state index in [2.05, 4.69) is 19.8 Å². The third kappa shape index (κ3) is 4.58. The lowest BCUT2D eigenvalue weighted by Gasteiger charge is -2.24. The minimum Gasteiger partial charge on any atom is -0.464 e. The van der Waals surface area contributed by atoms with Crippen LogP contribution in [0.25, 0.3) is 0 Å². The van der Waals surface area contributed by atoms with E-state index in [1.54, 1.807) is 0 Å². The molecule has 2 aromatic rings. The zero-order chi connectivity index (χ0) is 21.9. The average Bonchev–Trinajstić information content (AvgIpc) is 3.10. The maximum Gasteiger partial charge on any atom is 0.361 e. The maximum absolute atomic E-state index is 15.3. The van der Waals surface area contributed by atoms with Gasteiger partial charge in [-0.1, -0.05) is 17.3 Å². The molecule has 0 spiro atoms. The first-order chi connectivity index (χ1) is 13.5. The van der Waals surface area contributed by atoms with Crippen LogP contribution in [-0.2, 0) is 19.3 Å². The number of halogens is 2. The third-order valence-electron chi connectivity index (χ3n) is 4.13. The lowest BCUT2D eigenvalue weighted by molar-refractivity contribution is 0.0529. The number of sulfone groups is 1. The van der Waals surface area contributed by atoms with Crippen LogP contribution in [0.15, 0.2) is 29.2 Å². The fourth-order valence-electron chi connectivity index (χ4n) is 2.67. The van der Waals surface area contributed by atoms with Crippen LogP contribution in [0.2, 0.25) is 0 Å². The number of rotatable bonds is 7. The van der Waals surface area contributed by atoms with Gasteiger partial charge in [0.1, 0.15) is 12.2 Å². The Morgan fingerprint density at radius 1 is 1.07 bits per heavy atom. The lowest BCUT2D eigenvalue weighted by Crippen LogP contribution is -2.28. The summed E-state index contributed by atoms with van der Waals surface area (Å²) in [6.45, 7) is 1.04. The second kappa shape index (κ2) is 8.64. The van der Waals surface area contributed by atoms with Crippen molar-refractivity contribution in [3.8, 4) is 0 Å². The van der Waals surface area contributed by atoms with Gasteiger partial charge in [-0.3, -0.25) is 0 Å². The normalized spacial score (nSPS) is 14.7. The standard InChI is InChI=1S/C17H19F2N3O6S/c1-9(18)14(12(19)10-5-7-11(8-6-10)29(4,25)26)22-15(17(24)28-3)13(20-21-22)16(23)27-2/h5-9,12,14H,1-4H3/t9-,12+,14+/m1/s1. The lowest BCUT2D eigenvalue weighted by atomic mass is 10.00. The molecule has 0 N–H and O–H groups in total. The van der Waals surface area contributed by atoms with E-state index in [-0.39, 0.29) is 10.5 Å². The predicted octanol–water partition coefficient (Wildman–Crippen LogP) is 1.86. The smallest absolute Gasteiger partial charge is 0.361 e. The molecule has 0 amide bonds. The van der Waals surface area contributed by atoms with Gasteiger partial charge in [0.2, 0.25) is 5.69 Å². The van der Waals surface area contributed by atoms with Gasteiger partial charge in [-0.15, -0.1) is 5.10 Å². The number of carbonyl (C=O) groups excluding carboxylic acids is 2. The molecule has 0 aliphatic carbocycles. The minimum absolute atomic E-state index is 0.0396. The molecule has 9 nitrogen and oxygen atoms in total. The first-order valence-electron chi connectivity index (χ1n) is 8.22. The van der Waals surface area contributed by atoms with Gasteiger partial charge < -0.3 is 9.47 Å². The molecule has 0 saturated carbocycles. The van der Waals surface area contributed by atoms with Crippen LogP contribution >= 0.6 is 0 Å². The fourth-order valence-corrected chi connectivity index (χ4v) is 3.30. The fraction of sp³-hybridized carbons (Fsp3) is 0.412. The SMILES string of the molecule is COC(=O)c1nnn([C@@H]([C@@H](C)F)[C@@H](F)c2ccc(S(C)(=O)=O)cc2)c1C(=O)OC. The van der Waals surface area contributed by atoms with Crippen molar-refractivity contribution >= 4 is 21.8 Å². The third-order valence-corrected chi connectivity index (χ3v) is 5.26. The van der Waals surface area contributed by atoms with E-state index in [1.165, 1.54) is 24.3 Å². The molecule has 1 aromatic heterocycles. The molecular formula is C17H19F2N3O6S. The van der Waals surface area contributed by atoms with E-state index in [4.69, 9.17) is 0 Å². The molecule has 29 heavy (non-hydrogen) atoms. The highest BCUT2D eigenvalue weighted by Crippen LogP contribution is 2.35. The molecule has 0 bridgehead atoms. The van der Waals surface area contributed by atoms with E-state index in [9.17, 15) is 22.4 Å². The molecule has 12 heteroatoms. The summed E-state index contributed by atoms with van der Waals surface area (Å²) < 4.78 is 62.5. The topological polar surface area (TPSA) is 117 Å². The van der Waals surface area contributed by atoms with Gasteiger partial charge in [0, 0.05) is 6.26 Å². The molecule has 1 heterocycles. The number of ether oxygens (including phenoxy) is 2. The number of methoxy groups -OCH3 is 2. The number of nitrogens with zero attached hydrogens (tertiary/aromatic N) is 3. The van der Waals surface area contributed by atoms with Crippen LogP contribution in [0, 0.1) is 0 Å². The summed E-state index contributed by atoms with van der Waals surface area (Å²) in [4.78, 5) is 23.9. The number of alkyl halides is 2. The maximum atomic E-state index is 15.3. The Morgan fingerprint density at radius 2 is 1.62 bits per heavy atom. The Kier molecular flexibility index (Phi) is 6.67. The number of carbonyl (C=O) groups is 2. The van der Waals surface area contributed by atoms with E-state index in [0.717, 1.165) is 27.4 Å². The van der Waals surface area contributed by atoms with Crippen LogP contribution in [0.5, 0.6) is 0 Å². The summed E-state index contributed by atoms with van der Waals surface area (Å²) in [5.41, 5.74) is -1.17. The van der Waals surface area contributed by atoms with Gasteiger partial charge >= 0.3 is 11.9 Å². The highest BCUT2D eigenvalue weighted by molar-refractivity contribution is 7.90. The first-order valence-corrected chi connectivity index (χ1v) is 10.1. The Morgan fingerprint density at radius 3 is 2.07 bits per heavy atom. The van der Waals surface area contributed by atoms with Gasteiger partial charge in [0.15, 0.2) is 21.7 Å². The van der Waals surface area contributed by atoms with Crippen LogP contribution < -0.4 is 0 Å². The number of hydrogen-bond donors (Lipinski definition) is 0. The Hall–Kier alpha value is -2.89. The zero-order valence-electron chi connectivity index (χ0n) is 16.0. The molecule has 158 valence electrons. The molecule has 3 atom stereocenters. The summed E-state index contributed by atoms with van der Waals surface area (Å²) >= 11 is 0. The largest absolute Gasteiger partial charge is 0.464 e. The molecule has 0 saturated heterocycles. The summed E-state index contributed by atoms with van der Waals surface area (Å²) in [5, 5.41) is 7.07. The quantitative estimate of drug-likeness (QED) is 0.610. The first kappa shape index (κ1) is 22.4. The van der Waals surface area contributed by atoms with Crippen molar-refractivity contribution < 1.29 is 36.3 Å². The number of esters is 2. The van der Waals surface area contributed by atoms with Crippen LogP contribution in [0.1, 0.15) is 45.7 Å². The predicted molar refractivity (Wildman–Crippen MR) is 95.7 cm³/mol. The van der Waals surface area contributed by atoms with Gasteiger partial charge in [-0.2, -0.15) is 0 Å². The molecule has 0 aliphatic rings. The molecule has 0 aliphatic heterocycles. The van der Waals surface area contributed by atoms with Crippen molar-refractivity contribution in [2.75, 3.05) is 20.5 Å². The summed E-state index contributed by atoms with van der Waals surface area (Å²) in [5.74, 6) is -2.12. The van der Waals surface area contributed by atoms with E-state index in [0.29, 0.717) is 4.68 Å². The van der Waals surface area contributed by atoms with E-state index >= 15 is 4.39 Å². The second-order valence-corrected chi connectivity index (χ2v) is 8.14. The van der Waals surface area contributed by atoms with Gasteiger partial charge in [-0.05, 0) is 24.6 Å². The number of hydrogen-bond acceptors (Lipinski definition) is 8. The van der Waals surface area contributed by atoms with Crippen LogP contribution in [0.3, 0.4) is 0 Å². The molecule has 0 fully saturated rings. The molecule has 0 radical (unpaired) electrons. The monoisotopic (exact) mass is 431 g/mol. The van der Waals surface area contributed by atoms with Crippen molar-refractivity contribution in [3.63, 3.8) is 0 Å². The minimum atomic E-state index is -3.50. The second-order valence-electron chi connectivity index (χ2n) is 6.13. The Labute approximate surface area is 165 Å². The zero-order valence-corrected chi connectivity index (χ0v) is 16.8. The van der Waals surface area contributed by atoms with E-state index < -0.39 is 51.5 Å². The molecular weight excluding hydrogens is 412 g/mol. The van der Waals surface area contributed by atoms with Crippen LogP contribution in [-0.4, -0.2) is 62.0 Å². The Bertz CT molecular complexity index is 1000. The number of aromatic nitrogens is 3. The number of benzene rings is 1. The average molecular weight is 431 g/mol. The van der Waals surface area contributed by atoms with Crippen molar-refractivity contribution in [3.05, 3.63) is 41.2 Å². The van der Waals surface area contributed by atoms with Gasteiger partial charge in [0.25, 0.3) is 0 Å².